The second kappa shape index (κ2) is 6.65. The van der Waals surface area contributed by atoms with E-state index in [2.05, 4.69) is 5.32 Å². The highest BCUT2D eigenvalue weighted by Crippen LogP contribution is 2.24. The number of ether oxygens (including phenoxy) is 2. The molecule has 22 heavy (non-hydrogen) atoms. The summed E-state index contributed by atoms with van der Waals surface area (Å²) in [6.07, 6.45) is -1.10. The van der Waals surface area contributed by atoms with Crippen molar-refractivity contribution in [2.24, 2.45) is 0 Å². The Bertz CT molecular complexity index is 619. The Morgan fingerprint density at radius 2 is 2.14 bits per heavy atom. The molecule has 1 heterocycles. The summed E-state index contributed by atoms with van der Waals surface area (Å²) in [6, 6.07) is 4.00. The van der Waals surface area contributed by atoms with Gasteiger partial charge >= 0.3 is 12.0 Å². The molecule has 1 aliphatic heterocycles. The fraction of sp³-hybridized carbons (Fsp3) is 0.357. The molecule has 1 saturated heterocycles. The van der Waals surface area contributed by atoms with Crippen LogP contribution in [-0.4, -0.2) is 49.1 Å². The van der Waals surface area contributed by atoms with Crippen molar-refractivity contribution in [3.63, 3.8) is 0 Å². The number of hydrogen-bond acceptors (Lipinski definition) is 5. The van der Waals surface area contributed by atoms with Crippen molar-refractivity contribution in [1.82, 2.24) is 10.2 Å². The lowest BCUT2D eigenvalue weighted by atomic mass is 10.2. The van der Waals surface area contributed by atoms with Crippen molar-refractivity contribution in [1.29, 1.82) is 0 Å². The van der Waals surface area contributed by atoms with E-state index in [9.17, 15) is 14.4 Å². The molecule has 0 unspecified atom stereocenters. The van der Waals surface area contributed by atoms with E-state index in [0.29, 0.717) is 11.6 Å². The summed E-state index contributed by atoms with van der Waals surface area (Å²) in [5, 5.41) is 2.84. The number of rotatable bonds is 4. The van der Waals surface area contributed by atoms with Crippen LogP contribution in [0.2, 0.25) is 5.02 Å². The number of urea groups is 1. The normalized spacial score (nSPS) is 15.2. The molecule has 1 atom stereocenters. The molecule has 8 heteroatoms. The van der Waals surface area contributed by atoms with E-state index in [1.807, 2.05) is 0 Å². The quantitative estimate of drug-likeness (QED) is 0.846. The van der Waals surface area contributed by atoms with E-state index in [-0.39, 0.29) is 17.9 Å². The predicted octanol–water partition coefficient (Wildman–Crippen LogP) is 1.45. The third kappa shape index (κ3) is 3.30. The lowest BCUT2D eigenvalue weighted by Gasteiger charge is -2.18. The summed E-state index contributed by atoms with van der Waals surface area (Å²) in [5.74, 6) is -1.04. The van der Waals surface area contributed by atoms with Crippen LogP contribution in [0, 0.1) is 0 Å². The maximum atomic E-state index is 12.2. The summed E-state index contributed by atoms with van der Waals surface area (Å²) in [5.41, 5.74) is 0.112. The molecule has 0 saturated carbocycles. The number of carbonyl (C=O) groups is 3. The van der Waals surface area contributed by atoms with Gasteiger partial charge in [-0.3, -0.25) is 9.69 Å². The van der Waals surface area contributed by atoms with Crippen LogP contribution in [0.5, 0.6) is 5.75 Å². The van der Waals surface area contributed by atoms with E-state index in [0.717, 1.165) is 4.90 Å². The Kier molecular flexibility index (Phi) is 4.87. The van der Waals surface area contributed by atoms with Crippen molar-refractivity contribution in [3.05, 3.63) is 28.8 Å². The molecule has 1 aliphatic rings. The van der Waals surface area contributed by atoms with Gasteiger partial charge in [0.15, 0.2) is 6.10 Å². The Morgan fingerprint density at radius 3 is 2.73 bits per heavy atom. The lowest BCUT2D eigenvalue weighted by molar-refractivity contribution is -0.136. The van der Waals surface area contributed by atoms with Gasteiger partial charge in [0.05, 0.1) is 7.11 Å². The number of carbonyl (C=O) groups excluding carboxylic acids is 3. The van der Waals surface area contributed by atoms with E-state index >= 15 is 0 Å². The number of hydrogen-bond donors (Lipinski definition) is 1. The first kappa shape index (κ1) is 16.1. The fourth-order valence-corrected chi connectivity index (χ4v) is 2.19. The van der Waals surface area contributed by atoms with Gasteiger partial charge in [-0.25, -0.2) is 9.59 Å². The van der Waals surface area contributed by atoms with E-state index < -0.39 is 24.0 Å². The van der Waals surface area contributed by atoms with Crippen LogP contribution in [0.15, 0.2) is 18.2 Å². The zero-order chi connectivity index (χ0) is 16.3. The van der Waals surface area contributed by atoms with E-state index in [1.54, 1.807) is 6.07 Å². The number of halogens is 1. The van der Waals surface area contributed by atoms with Crippen LogP contribution in [0.1, 0.15) is 17.3 Å². The van der Waals surface area contributed by atoms with Crippen LogP contribution in [0.4, 0.5) is 4.79 Å². The molecule has 3 amide bonds. The van der Waals surface area contributed by atoms with Gasteiger partial charge in [-0.15, -0.1) is 0 Å². The number of amides is 3. The molecule has 2 rings (SSSR count). The molecule has 1 aromatic rings. The second-order valence-corrected chi connectivity index (χ2v) is 5.05. The van der Waals surface area contributed by atoms with Gasteiger partial charge in [0, 0.05) is 18.1 Å². The molecule has 1 aromatic carbocycles. The van der Waals surface area contributed by atoms with E-state index in [1.165, 1.54) is 26.2 Å². The zero-order valence-electron chi connectivity index (χ0n) is 12.1. The van der Waals surface area contributed by atoms with Crippen molar-refractivity contribution >= 4 is 29.5 Å². The number of esters is 1. The van der Waals surface area contributed by atoms with Crippen molar-refractivity contribution in [3.8, 4) is 5.75 Å². The summed E-state index contributed by atoms with van der Waals surface area (Å²) in [7, 11) is 1.41. The summed E-state index contributed by atoms with van der Waals surface area (Å²) in [4.78, 5) is 36.7. The minimum Gasteiger partial charge on any atom is -0.496 e. The Hall–Kier alpha value is -2.28. The SMILES string of the molecule is COc1ccc(Cl)cc1C(=O)O[C@H](C)C(=O)N1CCNC1=O. The zero-order valence-corrected chi connectivity index (χ0v) is 12.8. The Labute approximate surface area is 132 Å². The summed E-state index contributed by atoms with van der Waals surface area (Å²) in [6.45, 7) is 2.04. The molecule has 0 bridgehead atoms. The van der Waals surface area contributed by atoms with Gasteiger partial charge in [-0.1, -0.05) is 11.6 Å². The first-order chi connectivity index (χ1) is 10.4. The van der Waals surface area contributed by atoms with Gasteiger partial charge in [0.25, 0.3) is 5.91 Å². The molecule has 0 radical (unpaired) electrons. The second-order valence-electron chi connectivity index (χ2n) is 4.61. The minimum absolute atomic E-state index is 0.112. The van der Waals surface area contributed by atoms with Gasteiger partial charge in [-0.2, -0.15) is 0 Å². The van der Waals surface area contributed by atoms with Gasteiger partial charge in [0.2, 0.25) is 0 Å². The average Bonchev–Trinajstić information content (AvgIpc) is 2.92. The number of nitrogens with one attached hydrogen (secondary N) is 1. The van der Waals surface area contributed by atoms with Crippen molar-refractivity contribution in [2.45, 2.75) is 13.0 Å². The Morgan fingerprint density at radius 1 is 1.41 bits per heavy atom. The van der Waals surface area contributed by atoms with Crippen LogP contribution >= 0.6 is 11.6 Å². The molecular weight excluding hydrogens is 312 g/mol. The molecule has 0 aliphatic carbocycles. The largest absolute Gasteiger partial charge is 0.496 e. The standard InChI is InChI=1S/C14H15ClN2O5/c1-8(12(18)17-6-5-16-14(17)20)22-13(19)10-7-9(15)3-4-11(10)21-2/h3-4,7-8H,5-6H2,1-2H3,(H,16,20)/t8-/m1/s1. The Balaban J connectivity index is 2.09. The number of methoxy groups -OCH3 is 1. The number of imide groups is 1. The lowest BCUT2D eigenvalue weighted by Crippen LogP contribution is -2.41. The highest BCUT2D eigenvalue weighted by Gasteiger charge is 2.32. The average molecular weight is 327 g/mol. The highest BCUT2D eigenvalue weighted by molar-refractivity contribution is 6.31. The predicted molar refractivity (Wildman–Crippen MR) is 78.0 cm³/mol. The fourth-order valence-electron chi connectivity index (χ4n) is 2.02. The number of benzene rings is 1. The third-order valence-electron chi connectivity index (χ3n) is 3.14. The molecule has 118 valence electrons. The molecular formula is C14H15ClN2O5. The first-order valence-electron chi connectivity index (χ1n) is 6.57. The maximum absolute atomic E-state index is 12.2. The summed E-state index contributed by atoms with van der Waals surface area (Å²) >= 11 is 5.85. The van der Waals surface area contributed by atoms with Crippen molar-refractivity contribution in [2.75, 3.05) is 20.2 Å². The topological polar surface area (TPSA) is 84.9 Å². The first-order valence-corrected chi connectivity index (χ1v) is 6.95. The maximum Gasteiger partial charge on any atom is 0.342 e. The molecule has 0 aromatic heterocycles. The molecule has 0 spiro atoms. The van der Waals surface area contributed by atoms with E-state index in [4.69, 9.17) is 21.1 Å². The van der Waals surface area contributed by atoms with Crippen LogP contribution < -0.4 is 10.1 Å². The van der Waals surface area contributed by atoms with Crippen LogP contribution in [0.25, 0.3) is 0 Å². The van der Waals surface area contributed by atoms with Crippen LogP contribution in [-0.2, 0) is 9.53 Å². The molecule has 7 nitrogen and oxygen atoms in total. The van der Waals surface area contributed by atoms with Crippen molar-refractivity contribution < 1.29 is 23.9 Å². The monoisotopic (exact) mass is 326 g/mol. The van der Waals surface area contributed by atoms with Gasteiger partial charge < -0.3 is 14.8 Å². The third-order valence-corrected chi connectivity index (χ3v) is 3.37. The summed E-state index contributed by atoms with van der Waals surface area (Å²) < 4.78 is 10.2. The minimum atomic E-state index is -1.10. The highest BCUT2D eigenvalue weighted by atomic mass is 35.5. The van der Waals surface area contributed by atoms with Gasteiger partial charge in [0.1, 0.15) is 11.3 Å². The van der Waals surface area contributed by atoms with Crippen LogP contribution in [0.3, 0.4) is 0 Å². The van der Waals surface area contributed by atoms with Gasteiger partial charge in [-0.05, 0) is 25.1 Å². The molecule has 1 N–H and O–H groups in total. The molecule has 1 fully saturated rings. The smallest absolute Gasteiger partial charge is 0.342 e. The number of nitrogens with zero attached hydrogens (tertiary/aromatic N) is 1.